The monoisotopic (exact) mass is 204 g/mol. The van der Waals surface area contributed by atoms with E-state index in [0.717, 1.165) is 5.56 Å². The molecule has 1 aliphatic rings. The second-order valence-corrected chi connectivity index (χ2v) is 3.69. The number of nitrogens with zero attached hydrogens (tertiary/aromatic N) is 1. The summed E-state index contributed by atoms with van der Waals surface area (Å²) < 4.78 is 0. The van der Waals surface area contributed by atoms with Crippen molar-refractivity contribution in [3.05, 3.63) is 23.8 Å². The van der Waals surface area contributed by atoms with E-state index < -0.39 is 0 Å². The standard InChI is InChI=1S/C11H12N2O2/c1-7-2-3-9(8(12)6-7)13-10(14)4-5-11(13)15/h2-3,6H,4-5,12H2,1H3. The third-order valence-electron chi connectivity index (χ3n) is 2.48. The molecule has 0 spiro atoms. The van der Waals surface area contributed by atoms with Gasteiger partial charge in [-0.1, -0.05) is 6.07 Å². The quantitative estimate of drug-likeness (QED) is 0.552. The molecule has 1 aromatic rings. The van der Waals surface area contributed by atoms with Crippen molar-refractivity contribution in [3.63, 3.8) is 0 Å². The summed E-state index contributed by atoms with van der Waals surface area (Å²) in [6.45, 7) is 1.91. The molecule has 4 heteroatoms. The van der Waals surface area contributed by atoms with Crippen molar-refractivity contribution in [2.75, 3.05) is 10.6 Å². The number of benzene rings is 1. The molecule has 0 bridgehead atoms. The van der Waals surface area contributed by atoms with Crippen LogP contribution >= 0.6 is 0 Å². The van der Waals surface area contributed by atoms with Crippen molar-refractivity contribution < 1.29 is 9.59 Å². The van der Waals surface area contributed by atoms with Crippen LogP contribution in [0.15, 0.2) is 18.2 Å². The van der Waals surface area contributed by atoms with Crippen LogP contribution in [0.1, 0.15) is 18.4 Å². The van der Waals surface area contributed by atoms with E-state index in [1.54, 1.807) is 12.1 Å². The lowest BCUT2D eigenvalue weighted by atomic mass is 10.2. The van der Waals surface area contributed by atoms with Crippen molar-refractivity contribution in [3.8, 4) is 0 Å². The number of anilines is 2. The van der Waals surface area contributed by atoms with Crippen LogP contribution in [-0.2, 0) is 9.59 Å². The number of imide groups is 1. The number of carbonyl (C=O) groups is 2. The molecule has 2 amide bonds. The Labute approximate surface area is 87.7 Å². The van der Waals surface area contributed by atoms with Crippen LogP contribution in [0, 0.1) is 6.92 Å². The number of hydrogen-bond donors (Lipinski definition) is 1. The first-order chi connectivity index (χ1) is 7.09. The van der Waals surface area contributed by atoms with Gasteiger partial charge >= 0.3 is 0 Å². The highest BCUT2D eigenvalue weighted by Gasteiger charge is 2.31. The van der Waals surface area contributed by atoms with E-state index >= 15 is 0 Å². The number of hydrogen-bond acceptors (Lipinski definition) is 3. The summed E-state index contributed by atoms with van der Waals surface area (Å²) in [6.07, 6.45) is 0.568. The highest BCUT2D eigenvalue weighted by atomic mass is 16.2. The second kappa shape index (κ2) is 3.38. The van der Waals surface area contributed by atoms with Gasteiger partial charge in [-0.15, -0.1) is 0 Å². The third kappa shape index (κ3) is 1.58. The molecule has 1 heterocycles. The fraction of sp³-hybridized carbons (Fsp3) is 0.273. The van der Waals surface area contributed by atoms with Gasteiger partial charge in [0.2, 0.25) is 11.8 Å². The van der Waals surface area contributed by atoms with E-state index in [4.69, 9.17) is 5.73 Å². The van der Waals surface area contributed by atoms with Gasteiger partial charge in [-0.2, -0.15) is 0 Å². The Balaban J connectivity index is 2.45. The molecular weight excluding hydrogens is 192 g/mol. The van der Waals surface area contributed by atoms with Gasteiger partial charge in [0.1, 0.15) is 0 Å². The van der Waals surface area contributed by atoms with Crippen molar-refractivity contribution >= 4 is 23.2 Å². The topological polar surface area (TPSA) is 63.4 Å². The first-order valence-corrected chi connectivity index (χ1v) is 4.81. The van der Waals surface area contributed by atoms with E-state index in [1.165, 1.54) is 4.90 Å². The minimum atomic E-state index is -0.171. The van der Waals surface area contributed by atoms with Gasteiger partial charge in [0.05, 0.1) is 11.4 Å². The number of aryl methyl sites for hydroxylation is 1. The van der Waals surface area contributed by atoms with E-state index in [9.17, 15) is 9.59 Å². The molecule has 1 saturated heterocycles. The molecule has 1 aliphatic heterocycles. The molecule has 0 aliphatic carbocycles. The molecule has 0 atom stereocenters. The van der Waals surface area contributed by atoms with Crippen LogP contribution in [0.4, 0.5) is 11.4 Å². The molecular formula is C11H12N2O2. The Hall–Kier alpha value is -1.84. The molecule has 15 heavy (non-hydrogen) atoms. The molecule has 2 rings (SSSR count). The number of amides is 2. The molecule has 78 valence electrons. The molecule has 1 fully saturated rings. The van der Waals surface area contributed by atoms with E-state index in [1.807, 2.05) is 13.0 Å². The van der Waals surface area contributed by atoms with E-state index in [0.29, 0.717) is 11.4 Å². The van der Waals surface area contributed by atoms with Crippen LogP contribution < -0.4 is 10.6 Å². The number of carbonyl (C=O) groups excluding carboxylic acids is 2. The minimum absolute atomic E-state index is 0.171. The lowest BCUT2D eigenvalue weighted by molar-refractivity contribution is -0.121. The highest BCUT2D eigenvalue weighted by molar-refractivity contribution is 6.21. The highest BCUT2D eigenvalue weighted by Crippen LogP contribution is 2.28. The Morgan fingerprint density at radius 1 is 1.20 bits per heavy atom. The predicted molar refractivity (Wildman–Crippen MR) is 57.3 cm³/mol. The maximum absolute atomic E-state index is 11.5. The lowest BCUT2D eigenvalue weighted by Crippen LogP contribution is -2.29. The Morgan fingerprint density at radius 3 is 2.33 bits per heavy atom. The van der Waals surface area contributed by atoms with Crippen LogP contribution in [0.3, 0.4) is 0 Å². The summed E-state index contributed by atoms with van der Waals surface area (Å²) in [5.41, 5.74) is 7.77. The molecule has 0 unspecified atom stereocenters. The molecule has 2 N–H and O–H groups in total. The number of nitrogens with two attached hydrogens (primary N) is 1. The second-order valence-electron chi connectivity index (χ2n) is 3.69. The maximum Gasteiger partial charge on any atom is 0.234 e. The van der Waals surface area contributed by atoms with Crippen LogP contribution in [0.2, 0.25) is 0 Å². The van der Waals surface area contributed by atoms with Crippen LogP contribution in [0.25, 0.3) is 0 Å². The zero-order valence-electron chi connectivity index (χ0n) is 8.49. The Bertz CT molecular complexity index is 424. The third-order valence-corrected chi connectivity index (χ3v) is 2.48. The largest absolute Gasteiger partial charge is 0.397 e. The van der Waals surface area contributed by atoms with Gasteiger partial charge in [-0.05, 0) is 24.6 Å². The summed E-state index contributed by atoms with van der Waals surface area (Å²) in [5.74, 6) is -0.342. The van der Waals surface area contributed by atoms with Gasteiger partial charge in [0, 0.05) is 12.8 Å². The smallest absolute Gasteiger partial charge is 0.234 e. The van der Waals surface area contributed by atoms with Gasteiger partial charge in [0.25, 0.3) is 0 Å². The molecule has 4 nitrogen and oxygen atoms in total. The van der Waals surface area contributed by atoms with Crippen molar-refractivity contribution in [1.82, 2.24) is 0 Å². The van der Waals surface area contributed by atoms with Crippen molar-refractivity contribution in [2.45, 2.75) is 19.8 Å². The van der Waals surface area contributed by atoms with Gasteiger partial charge in [0.15, 0.2) is 0 Å². The first kappa shape index (κ1) is 9.71. The first-order valence-electron chi connectivity index (χ1n) is 4.81. The minimum Gasteiger partial charge on any atom is -0.397 e. The van der Waals surface area contributed by atoms with Gasteiger partial charge in [-0.3, -0.25) is 9.59 Å². The Morgan fingerprint density at radius 2 is 1.80 bits per heavy atom. The molecule has 0 radical (unpaired) electrons. The zero-order valence-corrected chi connectivity index (χ0v) is 8.49. The lowest BCUT2D eigenvalue weighted by Gasteiger charge is -2.16. The molecule has 1 aromatic carbocycles. The number of nitrogen functional groups attached to an aromatic ring is 1. The number of rotatable bonds is 1. The SMILES string of the molecule is Cc1ccc(N2C(=O)CCC2=O)c(N)c1. The van der Waals surface area contributed by atoms with Gasteiger partial charge in [-0.25, -0.2) is 4.90 Å². The van der Waals surface area contributed by atoms with Crippen LogP contribution in [0.5, 0.6) is 0 Å². The molecule has 0 aromatic heterocycles. The fourth-order valence-electron chi connectivity index (χ4n) is 1.72. The zero-order chi connectivity index (χ0) is 11.0. The fourth-order valence-corrected chi connectivity index (χ4v) is 1.72. The average molecular weight is 204 g/mol. The van der Waals surface area contributed by atoms with Crippen molar-refractivity contribution in [2.24, 2.45) is 0 Å². The summed E-state index contributed by atoms with van der Waals surface area (Å²) in [5, 5.41) is 0. The van der Waals surface area contributed by atoms with Crippen molar-refractivity contribution in [1.29, 1.82) is 0 Å². The van der Waals surface area contributed by atoms with E-state index in [2.05, 4.69) is 0 Å². The van der Waals surface area contributed by atoms with E-state index in [-0.39, 0.29) is 24.7 Å². The average Bonchev–Trinajstić information content (AvgIpc) is 2.48. The normalized spacial score (nSPS) is 16.2. The van der Waals surface area contributed by atoms with Gasteiger partial charge < -0.3 is 5.73 Å². The Kier molecular flexibility index (Phi) is 2.19. The predicted octanol–water partition coefficient (Wildman–Crippen LogP) is 1.23. The summed E-state index contributed by atoms with van der Waals surface area (Å²) in [6, 6.07) is 5.31. The van der Waals surface area contributed by atoms with Crippen LogP contribution in [-0.4, -0.2) is 11.8 Å². The summed E-state index contributed by atoms with van der Waals surface area (Å²) >= 11 is 0. The molecule has 0 saturated carbocycles. The summed E-state index contributed by atoms with van der Waals surface area (Å²) in [4.78, 5) is 24.1. The maximum atomic E-state index is 11.5. The summed E-state index contributed by atoms with van der Waals surface area (Å²) in [7, 11) is 0.